The molecule has 5 rings (SSSR count). The molecule has 0 bridgehead atoms. The maximum atomic E-state index is 13.7. The van der Waals surface area contributed by atoms with E-state index in [4.69, 9.17) is 9.47 Å². The Morgan fingerprint density at radius 1 is 0.917 bits per heavy atom. The molecule has 9 heteroatoms. The lowest BCUT2D eigenvalue weighted by Crippen LogP contribution is -2.28. The van der Waals surface area contributed by atoms with Crippen LogP contribution in [0.3, 0.4) is 0 Å². The number of ether oxygens (including phenoxy) is 2. The van der Waals surface area contributed by atoms with Crippen LogP contribution in [-0.4, -0.2) is 37.6 Å². The molecule has 2 aliphatic rings. The molecule has 0 radical (unpaired) electrons. The highest BCUT2D eigenvalue weighted by Gasteiger charge is 2.51. The van der Waals surface area contributed by atoms with E-state index in [0.29, 0.717) is 35.5 Å². The molecule has 36 heavy (non-hydrogen) atoms. The van der Waals surface area contributed by atoms with E-state index in [0.717, 1.165) is 17.7 Å². The third-order valence-electron chi connectivity index (χ3n) is 6.50. The Morgan fingerprint density at radius 3 is 2.25 bits per heavy atom. The summed E-state index contributed by atoms with van der Waals surface area (Å²) >= 11 is 0. The number of benzene rings is 3. The molecule has 188 valence electrons. The number of halogens is 3. The quantitative estimate of drug-likeness (QED) is 0.489. The molecule has 1 saturated carbocycles. The van der Waals surface area contributed by atoms with Crippen LogP contribution in [0.25, 0.3) is 11.1 Å². The lowest BCUT2D eigenvalue weighted by atomic mass is 9.94. The van der Waals surface area contributed by atoms with Gasteiger partial charge in [-0.1, -0.05) is 18.2 Å². The number of hydrogen-bond donors (Lipinski definition) is 1. The maximum Gasteiger partial charge on any atom is 0.416 e. The molecule has 0 aromatic heterocycles. The molecule has 0 unspecified atom stereocenters. The zero-order valence-corrected chi connectivity index (χ0v) is 19.6. The van der Waals surface area contributed by atoms with Crippen molar-refractivity contribution in [1.29, 1.82) is 0 Å². The highest BCUT2D eigenvalue weighted by Crippen LogP contribution is 2.51. The van der Waals surface area contributed by atoms with Crippen molar-refractivity contribution in [2.75, 3.05) is 26.2 Å². The molecule has 3 aromatic rings. The van der Waals surface area contributed by atoms with E-state index in [2.05, 4.69) is 5.32 Å². The van der Waals surface area contributed by atoms with Gasteiger partial charge in [-0.2, -0.15) is 13.2 Å². The van der Waals surface area contributed by atoms with Crippen LogP contribution in [0.1, 0.15) is 35.8 Å². The van der Waals surface area contributed by atoms with Gasteiger partial charge in [0.2, 0.25) is 12.7 Å². The van der Waals surface area contributed by atoms with Gasteiger partial charge >= 0.3 is 6.18 Å². The number of alkyl halides is 3. The largest absolute Gasteiger partial charge is 0.454 e. The van der Waals surface area contributed by atoms with E-state index in [1.165, 1.54) is 11.0 Å². The standard InChI is InChI=1S/C27H23F3N2O4.H2/c1-32(2)24(33)17-5-3-16(4-6-17)18-11-20(27(28,29)30)13-21(12-18)31-25(34)26(9-10-26)19-7-8-22-23(14-19)36-15-35-22;/h3-8,11-14H,9-10,15H2,1-2H3,(H,31,34);1H. The normalized spacial score (nSPS) is 15.4. The predicted octanol–water partition coefficient (Wildman–Crippen LogP) is 5.72. The summed E-state index contributed by atoms with van der Waals surface area (Å²) in [5.41, 5.74) is 0.257. The monoisotopic (exact) mass is 498 g/mol. The Labute approximate surface area is 207 Å². The van der Waals surface area contributed by atoms with Gasteiger partial charge in [0.25, 0.3) is 5.91 Å². The number of carbonyl (C=O) groups excluding carboxylic acids is 2. The van der Waals surface area contributed by atoms with Crippen LogP contribution in [0.2, 0.25) is 0 Å². The minimum Gasteiger partial charge on any atom is -0.454 e. The number of amides is 2. The zero-order chi connectivity index (χ0) is 25.7. The van der Waals surface area contributed by atoms with Crippen molar-refractivity contribution in [3.8, 4) is 22.6 Å². The fourth-order valence-electron chi connectivity index (χ4n) is 4.31. The summed E-state index contributed by atoms with van der Waals surface area (Å²) in [7, 11) is 3.24. The number of rotatable bonds is 5. The number of fused-ring (bicyclic) bond motifs is 1. The maximum absolute atomic E-state index is 13.7. The van der Waals surface area contributed by atoms with Crippen LogP contribution in [-0.2, 0) is 16.4 Å². The summed E-state index contributed by atoms with van der Waals surface area (Å²) in [5, 5.41) is 2.71. The minimum atomic E-state index is -4.61. The van der Waals surface area contributed by atoms with Crippen molar-refractivity contribution < 1.29 is 33.7 Å². The first-order valence-corrected chi connectivity index (χ1v) is 11.3. The Balaban J connectivity index is 0.00000320. The van der Waals surface area contributed by atoms with Crippen molar-refractivity contribution in [2.24, 2.45) is 0 Å². The lowest BCUT2D eigenvalue weighted by Gasteiger charge is -2.18. The summed E-state index contributed by atoms with van der Waals surface area (Å²) in [6, 6.07) is 15.1. The van der Waals surface area contributed by atoms with Gasteiger partial charge in [0.1, 0.15) is 0 Å². The van der Waals surface area contributed by atoms with Crippen molar-refractivity contribution in [3.63, 3.8) is 0 Å². The SMILES string of the molecule is CN(C)C(=O)c1ccc(-c2cc(NC(=O)C3(c4ccc5c(c4)OCO5)CC3)cc(C(F)(F)F)c2)cc1.[HH]. The average molecular weight is 499 g/mol. The molecule has 1 aliphatic carbocycles. The Bertz CT molecular complexity index is 1350. The van der Waals surface area contributed by atoms with Crippen LogP contribution < -0.4 is 14.8 Å². The number of carbonyl (C=O) groups is 2. The van der Waals surface area contributed by atoms with Crippen LogP contribution in [0.4, 0.5) is 18.9 Å². The van der Waals surface area contributed by atoms with Gasteiger partial charge in [0.15, 0.2) is 11.5 Å². The van der Waals surface area contributed by atoms with Crippen molar-refractivity contribution in [1.82, 2.24) is 4.90 Å². The molecule has 1 N–H and O–H groups in total. The topological polar surface area (TPSA) is 67.9 Å². The number of anilines is 1. The molecule has 0 saturated heterocycles. The van der Waals surface area contributed by atoms with Gasteiger partial charge in [-0.25, -0.2) is 0 Å². The van der Waals surface area contributed by atoms with Crippen molar-refractivity contribution >= 4 is 17.5 Å². The van der Waals surface area contributed by atoms with Gasteiger partial charge in [-0.15, -0.1) is 0 Å². The summed E-state index contributed by atoms with van der Waals surface area (Å²) in [5.74, 6) is 0.551. The number of nitrogens with zero attached hydrogens (tertiary/aromatic N) is 1. The summed E-state index contributed by atoms with van der Waals surface area (Å²) < 4.78 is 51.9. The average Bonchev–Trinajstić information content (AvgIpc) is 3.53. The molecule has 1 aliphatic heterocycles. The molecule has 0 spiro atoms. The molecule has 0 atom stereocenters. The third-order valence-corrected chi connectivity index (χ3v) is 6.50. The second-order valence-electron chi connectivity index (χ2n) is 9.18. The van der Waals surface area contributed by atoms with E-state index < -0.39 is 17.2 Å². The van der Waals surface area contributed by atoms with E-state index in [9.17, 15) is 22.8 Å². The van der Waals surface area contributed by atoms with Crippen molar-refractivity contribution in [3.05, 3.63) is 77.4 Å². The summed E-state index contributed by atoms with van der Waals surface area (Å²) in [6.45, 7) is 0.106. The van der Waals surface area contributed by atoms with E-state index >= 15 is 0 Å². The lowest BCUT2D eigenvalue weighted by molar-refractivity contribution is -0.137. The molecule has 1 heterocycles. The van der Waals surface area contributed by atoms with Gasteiger partial charge in [-0.05, 0) is 72.0 Å². The Hall–Kier alpha value is -4.01. The van der Waals surface area contributed by atoms with E-state index in [-0.39, 0.29) is 31.3 Å². The molecule has 3 aromatic carbocycles. The van der Waals surface area contributed by atoms with Gasteiger partial charge in [0.05, 0.1) is 11.0 Å². The van der Waals surface area contributed by atoms with E-state index in [1.54, 1.807) is 56.6 Å². The molecular formula is C27H25F3N2O4. The van der Waals surface area contributed by atoms with Crippen LogP contribution in [0.15, 0.2) is 60.7 Å². The Kier molecular flexibility index (Phi) is 5.65. The van der Waals surface area contributed by atoms with Gasteiger partial charge in [0, 0.05) is 26.8 Å². The fourth-order valence-corrected chi connectivity index (χ4v) is 4.31. The first-order chi connectivity index (χ1) is 17.1. The smallest absolute Gasteiger partial charge is 0.416 e. The minimum absolute atomic E-state index is 0. The van der Waals surface area contributed by atoms with Crippen LogP contribution in [0, 0.1) is 0 Å². The molecule has 1 fully saturated rings. The second kappa shape index (κ2) is 8.58. The third kappa shape index (κ3) is 4.36. The predicted molar refractivity (Wildman–Crippen MR) is 129 cm³/mol. The number of nitrogens with one attached hydrogen (secondary N) is 1. The van der Waals surface area contributed by atoms with E-state index in [1.807, 2.05) is 0 Å². The molecule has 6 nitrogen and oxygen atoms in total. The number of hydrogen-bond acceptors (Lipinski definition) is 4. The first kappa shape index (κ1) is 23.7. The first-order valence-electron chi connectivity index (χ1n) is 11.3. The van der Waals surface area contributed by atoms with Gasteiger partial charge in [-0.3, -0.25) is 9.59 Å². The Morgan fingerprint density at radius 2 is 1.61 bits per heavy atom. The fraction of sp³-hybridized carbons (Fsp3) is 0.259. The van der Waals surface area contributed by atoms with Crippen LogP contribution in [0.5, 0.6) is 11.5 Å². The zero-order valence-electron chi connectivity index (χ0n) is 19.6. The van der Waals surface area contributed by atoms with Gasteiger partial charge < -0.3 is 19.7 Å². The molecule has 2 amide bonds. The van der Waals surface area contributed by atoms with Crippen molar-refractivity contribution in [2.45, 2.75) is 24.4 Å². The highest BCUT2D eigenvalue weighted by atomic mass is 19.4. The van der Waals surface area contributed by atoms with Crippen LogP contribution >= 0.6 is 0 Å². The second-order valence-corrected chi connectivity index (χ2v) is 9.18. The summed E-state index contributed by atoms with van der Waals surface area (Å²) in [4.78, 5) is 26.8. The molecular weight excluding hydrogens is 473 g/mol. The highest BCUT2D eigenvalue weighted by molar-refractivity contribution is 6.02. The summed E-state index contributed by atoms with van der Waals surface area (Å²) in [6.07, 6.45) is -3.46.